The summed E-state index contributed by atoms with van der Waals surface area (Å²) in [6.45, 7) is 6.92. The molecule has 0 aromatic carbocycles. The van der Waals surface area contributed by atoms with E-state index < -0.39 is 12.0 Å². The Balaban J connectivity index is 2.23. The van der Waals surface area contributed by atoms with Gasteiger partial charge in [-0.15, -0.1) is 0 Å². The van der Waals surface area contributed by atoms with E-state index >= 15 is 0 Å². The van der Waals surface area contributed by atoms with Crippen molar-refractivity contribution in [3.63, 3.8) is 0 Å². The van der Waals surface area contributed by atoms with E-state index in [0.717, 1.165) is 23.9 Å². The molecular weight excluding hydrogens is 238 g/mol. The summed E-state index contributed by atoms with van der Waals surface area (Å²) in [5, 5.41) is 9.86. The number of aliphatic carboxylic acids is 1. The van der Waals surface area contributed by atoms with Crippen molar-refractivity contribution in [1.82, 2.24) is 9.36 Å². The monoisotopic (exact) mass is 255 g/mol. The van der Waals surface area contributed by atoms with Crippen molar-refractivity contribution in [2.24, 2.45) is 0 Å². The minimum absolute atomic E-state index is 0.0901. The normalized spacial score (nSPS) is 20.9. The Labute approximate surface area is 105 Å². The molecule has 17 heavy (non-hydrogen) atoms. The number of aromatic nitrogens is 2. The number of carboxylic acid groups (broad SMARTS) is 1. The van der Waals surface area contributed by atoms with Crippen molar-refractivity contribution in [2.75, 3.05) is 11.4 Å². The molecule has 1 aliphatic rings. The lowest BCUT2D eigenvalue weighted by atomic mass is 9.96. The van der Waals surface area contributed by atoms with Gasteiger partial charge in [0.2, 0.25) is 5.13 Å². The van der Waals surface area contributed by atoms with Crippen LogP contribution < -0.4 is 4.90 Å². The lowest BCUT2D eigenvalue weighted by molar-refractivity contribution is -0.138. The van der Waals surface area contributed by atoms with Gasteiger partial charge in [0, 0.05) is 23.5 Å². The van der Waals surface area contributed by atoms with Gasteiger partial charge in [-0.2, -0.15) is 4.37 Å². The molecular formula is C11H17N3O2S. The molecule has 5 nitrogen and oxygen atoms in total. The van der Waals surface area contributed by atoms with Gasteiger partial charge >= 0.3 is 5.97 Å². The Bertz CT molecular complexity index is 425. The zero-order chi connectivity index (χ0) is 12.6. The second-order valence-electron chi connectivity index (χ2n) is 5.34. The Morgan fingerprint density at radius 1 is 1.53 bits per heavy atom. The molecule has 1 aromatic heterocycles. The highest BCUT2D eigenvalue weighted by molar-refractivity contribution is 7.09. The number of carboxylic acids is 1. The summed E-state index contributed by atoms with van der Waals surface area (Å²) in [7, 11) is 0. The Morgan fingerprint density at radius 3 is 2.76 bits per heavy atom. The van der Waals surface area contributed by atoms with E-state index in [1.165, 1.54) is 11.5 Å². The van der Waals surface area contributed by atoms with E-state index in [1.807, 2.05) is 4.90 Å². The van der Waals surface area contributed by atoms with E-state index in [4.69, 9.17) is 5.11 Å². The average Bonchev–Trinajstić information content (AvgIpc) is 2.85. The van der Waals surface area contributed by atoms with E-state index in [0.29, 0.717) is 6.42 Å². The summed E-state index contributed by atoms with van der Waals surface area (Å²) in [5.74, 6) is 0.0172. The topological polar surface area (TPSA) is 66.3 Å². The highest BCUT2D eigenvalue weighted by Crippen LogP contribution is 2.30. The number of hydrogen-bond acceptors (Lipinski definition) is 5. The molecule has 1 saturated heterocycles. The van der Waals surface area contributed by atoms with Crippen molar-refractivity contribution >= 4 is 22.6 Å². The molecule has 94 valence electrons. The minimum atomic E-state index is -0.769. The number of hydrogen-bond donors (Lipinski definition) is 1. The minimum Gasteiger partial charge on any atom is -0.480 e. The molecule has 0 spiro atoms. The van der Waals surface area contributed by atoms with E-state index in [9.17, 15) is 4.79 Å². The quantitative estimate of drug-likeness (QED) is 0.874. The van der Waals surface area contributed by atoms with Crippen LogP contribution in [0.5, 0.6) is 0 Å². The molecule has 1 N–H and O–H groups in total. The highest BCUT2D eigenvalue weighted by atomic mass is 32.1. The summed E-state index contributed by atoms with van der Waals surface area (Å²) < 4.78 is 4.32. The zero-order valence-corrected chi connectivity index (χ0v) is 11.1. The number of carbonyl (C=O) groups is 1. The van der Waals surface area contributed by atoms with Gasteiger partial charge in [0.25, 0.3) is 0 Å². The van der Waals surface area contributed by atoms with Crippen molar-refractivity contribution in [3.05, 3.63) is 5.82 Å². The third kappa shape index (κ3) is 2.41. The van der Waals surface area contributed by atoms with Crippen LogP contribution in [-0.2, 0) is 10.2 Å². The first-order chi connectivity index (χ1) is 7.89. The van der Waals surface area contributed by atoms with E-state index in [1.54, 1.807) is 0 Å². The average molecular weight is 255 g/mol. The van der Waals surface area contributed by atoms with Gasteiger partial charge in [0.15, 0.2) is 0 Å². The first-order valence-corrected chi connectivity index (χ1v) is 6.50. The van der Waals surface area contributed by atoms with Crippen LogP contribution >= 0.6 is 11.5 Å². The highest BCUT2D eigenvalue weighted by Gasteiger charge is 2.33. The molecule has 0 radical (unpaired) electrons. The molecule has 0 amide bonds. The van der Waals surface area contributed by atoms with Crippen LogP contribution in [0.4, 0.5) is 5.13 Å². The first-order valence-electron chi connectivity index (χ1n) is 5.73. The lowest BCUT2D eigenvalue weighted by Gasteiger charge is -2.19. The lowest BCUT2D eigenvalue weighted by Crippen LogP contribution is -2.35. The fraction of sp³-hybridized carbons (Fsp3) is 0.727. The molecule has 1 aromatic rings. The number of nitrogens with zero attached hydrogens (tertiary/aromatic N) is 3. The van der Waals surface area contributed by atoms with Gasteiger partial charge in [-0.1, -0.05) is 20.8 Å². The van der Waals surface area contributed by atoms with Gasteiger partial charge in [-0.05, 0) is 12.8 Å². The molecule has 1 atom stereocenters. The predicted octanol–water partition coefficient (Wildman–Crippen LogP) is 1.89. The summed E-state index contributed by atoms with van der Waals surface area (Å²) in [5.41, 5.74) is -0.0901. The van der Waals surface area contributed by atoms with Crippen LogP contribution in [0.25, 0.3) is 0 Å². The molecule has 0 saturated carbocycles. The molecule has 2 rings (SSSR count). The maximum Gasteiger partial charge on any atom is 0.326 e. The second kappa shape index (κ2) is 4.25. The Hall–Kier alpha value is -1.17. The van der Waals surface area contributed by atoms with Crippen LogP contribution in [0.15, 0.2) is 0 Å². The third-order valence-corrected chi connectivity index (χ3v) is 3.62. The fourth-order valence-corrected chi connectivity index (χ4v) is 2.82. The van der Waals surface area contributed by atoms with Gasteiger partial charge < -0.3 is 10.0 Å². The second-order valence-corrected chi connectivity index (χ2v) is 6.07. The van der Waals surface area contributed by atoms with Gasteiger partial charge in [0.05, 0.1) is 0 Å². The number of anilines is 1. The van der Waals surface area contributed by atoms with Crippen LogP contribution in [0, 0.1) is 0 Å². The smallest absolute Gasteiger partial charge is 0.326 e. The standard InChI is InChI=1S/C11H17N3O2S/c1-11(2,3)9-12-10(17-13-9)14-6-4-5-7(14)8(15)16/h7H,4-6H2,1-3H3,(H,15,16). The van der Waals surface area contributed by atoms with Crippen molar-refractivity contribution in [2.45, 2.75) is 45.1 Å². The van der Waals surface area contributed by atoms with Crippen LogP contribution in [0.2, 0.25) is 0 Å². The predicted molar refractivity (Wildman–Crippen MR) is 66.6 cm³/mol. The van der Waals surface area contributed by atoms with Crippen molar-refractivity contribution in [3.8, 4) is 0 Å². The van der Waals surface area contributed by atoms with Gasteiger partial charge in [-0.25, -0.2) is 9.78 Å². The summed E-state index contributed by atoms with van der Waals surface area (Å²) >= 11 is 1.30. The molecule has 6 heteroatoms. The SMILES string of the molecule is CC(C)(C)c1nsc(N2CCCC2C(=O)O)n1. The zero-order valence-electron chi connectivity index (χ0n) is 10.3. The molecule has 2 heterocycles. The van der Waals surface area contributed by atoms with Gasteiger partial charge in [0.1, 0.15) is 11.9 Å². The van der Waals surface area contributed by atoms with Crippen molar-refractivity contribution < 1.29 is 9.90 Å². The van der Waals surface area contributed by atoms with Gasteiger partial charge in [-0.3, -0.25) is 0 Å². The Kier molecular flexibility index (Phi) is 3.07. The summed E-state index contributed by atoms with van der Waals surface area (Å²) in [6.07, 6.45) is 1.60. The third-order valence-electron chi connectivity index (χ3n) is 2.87. The van der Waals surface area contributed by atoms with Crippen LogP contribution in [0.3, 0.4) is 0 Å². The summed E-state index contributed by atoms with van der Waals surface area (Å²) in [4.78, 5) is 17.4. The molecule has 0 aliphatic carbocycles. The van der Waals surface area contributed by atoms with Crippen molar-refractivity contribution in [1.29, 1.82) is 0 Å². The van der Waals surface area contributed by atoms with E-state index in [2.05, 4.69) is 30.1 Å². The molecule has 1 unspecified atom stereocenters. The van der Waals surface area contributed by atoms with E-state index in [-0.39, 0.29) is 5.41 Å². The summed E-state index contributed by atoms with van der Waals surface area (Å²) in [6, 6.07) is -0.434. The maximum atomic E-state index is 11.1. The fourth-order valence-electron chi connectivity index (χ4n) is 1.89. The molecule has 1 fully saturated rings. The van der Waals surface area contributed by atoms with Crippen LogP contribution in [0.1, 0.15) is 39.4 Å². The maximum absolute atomic E-state index is 11.1. The molecule has 0 bridgehead atoms. The molecule has 1 aliphatic heterocycles. The number of rotatable bonds is 2. The first kappa shape index (κ1) is 12.3. The Morgan fingerprint density at radius 2 is 2.24 bits per heavy atom. The largest absolute Gasteiger partial charge is 0.480 e. The van der Waals surface area contributed by atoms with Crippen LogP contribution in [-0.4, -0.2) is 33.0 Å².